The van der Waals surface area contributed by atoms with Gasteiger partial charge in [0.15, 0.2) is 0 Å². The Morgan fingerprint density at radius 3 is 2.11 bits per heavy atom. The zero-order chi connectivity index (χ0) is 27.4. The third-order valence-corrected chi connectivity index (χ3v) is 6.14. The van der Waals surface area contributed by atoms with E-state index in [2.05, 4.69) is 47.3 Å². The van der Waals surface area contributed by atoms with Gasteiger partial charge < -0.3 is 34.7 Å². The third-order valence-electron chi connectivity index (χ3n) is 6.14. The molecule has 1 aromatic carbocycles. The highest BCUT2D eigenvalue weighted by Crippen LogP contribution is 2.24. The van der Waals surface area contributed by atoms with Crippen molar-refractivity contribution in [2.24, 2.45) is 0 Å². The Balaban J connectivity index is 1.76. The van der Waals surface area contributed by atoms with E-state index in [1.54, 1.807) is 7.11 Å². The molecule has 0 saturated carbocycles. The van der Waals surface area contributed by atoms with Gasteiger partial charge in [0, 0.05) is 31.3 Å². The van der Waals surface area contributed by atoms with Crippen LogP contribution in [-0.4, -0.2) is 76.5 Å². The van der Waals surface area contributed by atoms with Crippen LogP contribution in [-0.2, 0) is 43.1 Å². The van der Waals surface area contributed by atoms with Gasteiger partial charge in [0.05, 0.1) is 59.5 Å². The zero-order valence-electron chi connectivity index (χ0n) is 23.9. The molecule has 1 aromatic heterocycles. The summed E-state index contributed by atoms with van der Waals surface area (Å²) in [7, 11) is 1.66. The number of aryl methyl sites for hydroxylation is 2. The van der Waals surface area contributed by atoms with Crippen LogP contribution in [0.4, 0.5) is 11.8 Å². The lowest BCUT2D eigenvalue weighted by Gasteiger charge is -2.16. The molecule has 0 radical (unpaired) electrons. The molecule has 0 saturated heterocycles. The minimum atomic E-state index is 0.312. The summed E-state index contributed by atoms with van der Waals surface area (Å²) in [5.74, 6) is 1.16. The van der Waals surface area contributed by atoms with Gasteiger partial charge in [0.25, 0.3) is 0 Å². The van der Waals surface area contributed by atoms with E-state index in [1.165, 1.54) is 24.0 Å². The second-order valence-electron chi connectivity index (χ2n) is 9.14. The number of nitrogens with one attached hydrogen (secondary N) is 1. The van der Waals surface area contributed by atoms with Crippen molar-refractivity contribution in [2.75, 3.05) is 77.6 Å². The molecule has 1 heterocycles. The molecule has 0 bridgehead atoms. The molecule has 0 aliphatic heterocycles. The van der Waals surface area contributed by atoms with Crippen molar-refractivity contribution in [3.05, 3.63) is 46.1 Å². The smallest absolute Gasteiger partial charge is 0.222 e. The van der Waals surface area contributed by atoms with Crippen LogP contribution in [0.15, 0.2) is 18.2 Å². The number of nitrogen functional groups attached to an aromatic ring is 1. The van der Waals surface area contributed by atoms with Crippen molar-refractivity contribution in [2.45, 2.75) is 59.5 Å². The standard InChI is InChI=1S/C29H48N4O5/c1-5-7-8-11-31-28-27(23(3)32-29(30)33-28)21-26-10-9-24(20-25(26)6-2)22-38-19-18-37-17-16-36-15-14-35-13-12-34-4/h9-10,20H,5-8,11-19,21-22H2,1-4H3,(H3,30,31,32,33). The monoisotopic (exact) mass is 532 g/mol. The van der Waals surface area contributed by atoms with Gasteiger partial charge in [-0.1, -0.05) is 44.9 Å². The van der Waals surface area contributed by atoms with Crippen molar-refractivity contribution >= 4 is 11.8 Å². The fourth-order valence-electron chi connectivity index (χ4n) is 4.01. The summed E-state index contributed by atoms with van der Waals surface area (Å²) in [6.45, 7) is 12.3. The fourth-order valence-corrected chi connectivity index (χ4v) is 4.01. The quantitative estimate of drug-likeness (QED) is 0.214. The van der Waals surface area contributed by atoms with Crippen LogP contribution in [0.3, 0.4) is 0 Å². The molecule has 2 aromatic rings. The number of benzene rings is 1. The molecule has 3 N–H and O–H groups in total. The second kappa shape index (κ2) is 19.7. The maximum absolute atomic E-state index is 5.95. The largest absolute Gasteiger partial charge is 0.382 e. The van der Waals surface area contributed by atoms with Crippen molar-refractivity contribution in [3.8, 4) is 0 Å². The number of methoxy groups -OCH3 is 1. The van der Waals surface area contributed by atoms with E-state index in [4.69, 9.17) is 29.4 Å². The molecule has 9 heteroatoms. The molecule has 0 fully saturated rings. The molecular weight excluding hydrogens is 484 g/mol. The van der Waals surface area contributed by atoms with Crippen LogP contribution in [0.1, 0.15) is 61.1 Å². The first-order valence-electron chi connectivity index (χ1n) is 13.9. The first-order valence-corrected chi connectivity index (χ1v) is 13.9. The van der Waals surface area contributed by atoms with Gasteiger partial charge in [0.2, 0.25) is 5.95 Å². The van der Waals surface area contributed by atoms with Crippen LogP contribution < -0.4 is 11.1 Å². The summed E-state index contributed by atoms with van der Waals surface area (Å²) in [5.41, 5.74) is 11.7. The van der Waals surface area contributed by atoms with Crippen molar-refractivity contribution in [1.29, 1.82) is 0 Å². The molecule has 0 aliphatic carbocycles. The van der Waals surface area contributed by atoms with E-state index in [1.807, 2.05) is 6.92 Å². The van der Waals surface area contributed by atoms with Gasteiger partial charge in [-0.2, -0.15) is 4.98 Å². The average Bonchev–Trinajstić information content (AvgIpc) is 2.91. The van der Waals surface area contributed by atoms with Crippen LogP contribution in [0.25, 0.3) is 0 Å². The van der Waals surface area contributed by atoms with Crippen LogP contribution in [0.2, 0.25) is 0 Å². The number of anilines is 2. The summed E-state index contributed by atoms with van der Waals surface area (Å²) in [6, 6.07) is 6.57. The molecule has 0 atom stereocenters. The minimum Gasteiger partial charge on any atom is -0.382 e. The third kappa shape index (κ3) is 12.5. The summed E-state index contributed by atoms with van der Waals surface area (Å²) < 4.78 is 27.1. The van der Waals surface area contributed by atoms with Gasteiger partial charge >= 0.3 is 0 Å². The lowest BCUT2D eigenvalue weighted by molar-refractivity contribution is -0.00949. The van der Waals surface area contributed by atoms with E-state index in [0.717, 1.165) is 48.4 Å². The average molecular weight is 533 g/mol. The molecule has 9 nitrogen and oxygen atoms in total. The topological polar surface area (TPSA) is 110 Å². The van der Waals surface area contributed by atoms with E-state index >= 15 is 0 Å². The number of aromatic nitrogens is 2. The number of rotatable bonds is 22. The van der Waals surface area contributed by atoms with Crippen LogP contribution >= 0.6 is 0 Å². The maximum atomic E-state index is 5.95. The number of hydrogen-bond donors (Lipinski definition) is 2. The first kappa shape index (κ1) is 31.9. The molecular formula is C29H48N4O5. The lowest BCUT2D eigenvalue weighted by Crippen LogP contribution is -2.13. The normalized spacial score (nSPS) is 11.3. The molecule has 0 amide bonds. The molecule has 0 unspecified atom stereocenters. The number of ether oxygens (including phenoxy) is 5. The molecule has 214 valence electrons. The van der Waals surface area contributed by atoms with Crippen LogP contribution in [0.5, 0.6) is 0 Å². The van der Waals surface area contributed by atoms with Crippen LogP contribution in [0, 0.1) is 6.92 Å². The Kier molecular flexibility index (Phi) is 16.6. The number of nitrogens with zero attached hydrogens (tertiary/aromatic N) is 2. The SMILES string of the molecule is CCCCCNc1nc(N)nc(C)c1Cc1ccc(COCCOCCOCCOCCOC)cc1CC. The molecule has 38 heavy (non-hydrogen) atoms. The van der Waals surface area contributed by atoms with Gasteiger partial charge in [-0.25, -0.2) is 4.98 Å². The summed E-state index contributed by atoms with van der Waals surface area (Å²) in [4.78, 5) is 8.93. The van der Waals surface area contributed by atoms with Crippen molar-refractivity contribution < 1.29 is 23.7 Å². The predicted octanol–water partition coefficient (Wildman–Crippen LogP) is 4.34. The van der Waals surface area contributed by atoms with Crippen molar-refractivity contribution in [1.82, 2.24) is 9.97 Å². The van der Waals surface area contributed by atoms with Gasteiger partial charge in [-0.15, -0.1) is 0 Å². The Morgan fingerprint density at radius 2 is 1.47 bits per heavy atom. The van der Waals surface area contributed by atoms with E-state index in [0.29, 0.717) is 65.4 Å². The molecule has 0 spiro atoms. The summed E-state index contributed by atoms with van der Waals surface area (Å²) >= 11 is 0. The highest BCUT2D eigenvalue weighted by molar-refractivity contribution is 5.52. The van der Waals surface area contributed by atoms with E-state index in [-0.39, 0.29) is 0 Å². The highest BCUT2D eigenvalue weighted by Gasteiger charge is 2.13. The fraction of sp³-hybridized carbons (Fsp3) is 0.655. The van der Waals surface area contributed by atoms with Gasteiger partial charge in [0.1, 0.15) is 5.82 Å². The lowest BCUT2D eigenvalue weighted by atomic mass is 9.96. The summed E-state index contributed by atoms with van der Waals surface area (Å²) in [5, 5.41) is 3.49. The Morgan fingerprint density at radius 1 is 0.816 bits per heavy atom. The Hall–Kier alpha value is -2.30. The number of hydrogen-bond acceptors (Lipinski definition) is 9. The predicted molar refractivity (Wildman–Crippen MR) is 152 cm³/mol. The zero-order valence-corrected chi connectivity index (χ0v) is 23.9. The molecule has 2 rings (SSSR count). The van der Waals surface area contributed by atoms with Gasteiger partial charge in [-0.3, -0.25) is 0 Å². The molecule has 0 aliphatic rings. The first-order chi connectivity index (χ1) is 18.6. The maximum Gasteiger partial charge on any atom is 0.222 e. The summed E-state index contributed by atoms with van der Waals surface area (Å²) in [6.07, 6.45) is 5.19. The van der Waals surface area contributed by atoms with Crippen molar-refractivity contribution in [3.63, 3.8) is 0 Å². The van der Waals surface area contributed by atoms with Gasteiger partial charge in [-0.05, 0) is 36.5 Å². The highest BCUT2D eigenvalue weighted by atomic mass is 16.6. The second-order valence-corrected chi connectivity index (χ2v) is 9.14. The number of nitrogens with two attached hydrogens (primary N) is 1. The van der Waals surface area contributed by atoms with E-state index < -0.39 is 0 Å². The Bertz CT molecular complexity index is 913. The number of unbranched alkanes of at least 4 members (excludes halogenated alkanes) is 2. The Labute approximate surface area is 228 Å². The minimum absolute atomic E-state index is 0.312. The van der Waals surface area contributed by atoms with E-state index in [9.17, 15) is 0 Å².